The van der Waals surface area contributed by atoms with Crippen molar-refractivity contribution < 1.29 is 9.66 Å². The Kier molecular flexibility index (Phi) is 3.82. The van der Waals surface area contributed by atoms with Gasteiger partial charge in [-0.05, 0) is 19.1 Å². The summed E-state index contributed by atoms with van der Waals surface area (Å²) in [5.74, 6) is 0.536. The molecule has 2 aromatic rings. The van der Waals surface area contributed by atoms with E-state index in [-0.39, 0.29) is 16.6 Å². The molecule has 100 valence electrons. The first-order valence-electron chi connectivity index (χ1n) is 5.50. The average Bonchev–Trinajstić information content (AvgIpc) is 2.37. The number of nitro groups is 1. The Labute approximate surface area is 119 Å². The summed E-state index contributed by atoms with van der Waals surface area (Å²) < 4.78 is 5.45. The Balaban J connectivity index is 2.31. The number of ether oxygens (including phenoxy) is 1. The van der Waals surface area contributed by atoms with Gasteiger partial charge in [-0.25, -0.2) is 4.98 Å². The van der Waals surface area contributed by atoms with Crippen molar-refractivity contribution in [2.45, 2.75) is 6.92 Å². The monoisotopic (exact) mass is 289 g/mol. The number of aryl methyl sites for hydroxylation is 1. The van der Waals surface area contributed by atoms with Crippen molar-refractivity contribution in [2.24, 2.45) is 0 Å². The number of aromatic nitrogens is 1. The minimum atomic E-state index is -0.579. The smallest absolute Gasteiger partial charge is 0.288 e. The molecule has 0 aliphatic heterocycles. The Morgan fingerprint density at radius 1 is 1.40 bits per heavy atom. The molecule has 0 spiro atoms. The number of benzene rings is 1. The fourth-order valence-electron chi connectivity index (χ4n) is 1.57. The summed E-state index contributed by atoms with van der Waals surface area (Å²) in [5, 5.41) is 19.5. The van der Waals surface area contributed by atoms with Crippen LogP contribution >= 0.6 is 11.6 Å². The van der Waals surface area contributed by atoms with Crippen LogP contribution in [0.4, 0.5) is 5.69 Å². The highest BCUT2D eigenvalue weighted by Crippen LogP contribution is 2.30. The minimum Gasteiger partial charge on any atom is -0.439 e. The Morgan fingerprint density at radius 3 is 2.75 bits per heavy atom. The van der Waals surface area contributed by atoms with E-state index in [0.717, 1.165) is 0 Å². The molecule has 1 aromatic carbocycles. The predicted octanol–water partition coefficient (Wildman–Crippen LogP) is 3.62. The van der Waals surface area contributed by atoms with Crippen molar-refractivity contribution in [1.29, 1.82) is 5.26 Å². The van der Waals surface area contributed by atoms with Crippen molar-refractivity contribution >= 4 is 17.3 Å². The quantitative estimate of drug-likeness (QED) is 0.636. The molecular weight excluding hydrogens is 282 g/mol. The van der Waals surface area contributed by atoms with Crippen LogP contribution in [0.1, 0.15) is 11.3 Å². The van der Waals surface area contributed by atoms with Gasteiger partial charge in [0.2, 0.25) is 5.88 Å². The summed E-state index contributed by atoms with van der Waals surface area (Å²) in [6.45, 7) is 1.73. The molecule has 0 fully saturated rings. The minimum absolute atomic E-state index is 0.0272. The molecule has 6 nitrogen and oxygen atoms in total. The van der Waals surface area contributed by atoms with E-state index in [0.29, 0.717) is 17.0 Å². The third-order valence-corrected chi connectivity index (χ3v) is 2.70. The van der Waals surface area contributed by atoms with Gasteiger partial charge in [0.25, 0.3) is 5.69 Å². The second-order valence-electron chi connectivity index (χ2n) is 3.92. The molecule has 2 rings (SSSR count). The number of nitrogens with zero attached hydrogens (tertiary/aromatic N) is 3. The van der Waals surface area contributed by atoms with Crippen molar-refractivity contribution in [3.8, 4) is 17.7 Å². The van der Waals surface area contributed by atoms with Crippen LogP contribution in [0.2, 0.25) is 5.02 Å². The van der Waals surface area contributed by atoms with Gasteiger partial charge in [-0.1, -0.05) is 11.6 Å². The van der Waals surface area contributed by atoms with Crippen LogP contribution in [0, 0.1) is 28.4 Å². The number of nitro benzene ring substituents is 1. The van der Waals surface area contributed by atoms with E-state index < -0.39 is 4.92 Å². The Morgan fingerprint density at radius 2 is 2.15 bits per heavy atom. The van der Waals surface area contributed by atoms with Crippen LogP contribution < -0.4 is 4.74 Å². The predicted molar refractivity (Wildman–Crippen MR) is 71.9 cm³/mol. The summed E-state index contributed by atoms with van der Waals surface area (Å²) in [7, 11) is 0. The SMILES string of the molecule is Cc1cc(C#N)cc(Oc2ccc([N+](=O)[O-])c(Cl)c2)n1. The largest absolute Gasteiger partial charge is 0.439 e. The van der Waals surface area contributed by atoms with Gasteiger partial charge in [0.05, 0.1) is 16.6 Å². The number of pyridine rings is 1. The Bertz CT molecular complexity index is 725. The maximum absolute atomic E-state index is 10.7. The lowest BCUT2D eigenvalue weighted by Crippen LogP contribution is -1.93. The topological polar surface area (TPSA) is 89.0 Å². The van der Waals surface area contributed by atoms with E-state index in [1.54, 1.807) is 13.0 Å². The number of hydrogen-bond acceptors (Lipinski definition) is 5. The molecule has 0 saturated carbocycles. The summed E-state index contributed by atoms with van der Waals surface area (Å²) >= 11 is 5.79. The van der Waals surface area contributed by atoms with E-state index in [4.69, 9.17) is 21.6 Å². The van der Waals surface area contributed by atoms with Gasteiger partial charge >= 0.3 is 0 Å². The first-order chi connectivity index (χ1) is 9.49. The normalized spacial score (nSPS) is 9.85. The average molecular weight is 290 g/mol. The van der Waals surface area contributed by atoms with E-state index in [1.165, 1.54) is 24.3 Å². The molecule has 0 atom stereocenters. The number of nitriles is 1. The lowest BCUT2D eigenvalue weighted by molar-refractivity contribution is -0.384. The van der Waals surface area contributed by atoms with Crippen LogP contribution in [0.15, 0.2) is 30.3 Å². The molecule has 0 radical (unpaired) electrons. The number of rotatable bonds is 3. The molecular formula is C13H8ClN3O3. The molecule has 20 heavy (non-hydrogen) atoms. The van der Waals surface area contributed by atoms with Crippen molar-refractivity contribution in [1.82, 2.24) is 4.98 Å². The van der Waals surface area contributed by atoms with Gasteiger partial charge < -0.3 is 4.74 Å². The second-order valence-corrected chi connectivity index (χ2v) is 4.33. The first-order valence-corrected chi connectivity index (χ1v) is 5.88. The summed E-state index contributed by atoms with van der Waals surface area (Å²) in [6, 6.07) is 9.08. The zero-order valence-electron chi connectivity index (χ0n) is 10.3. The zero-order valence-corrected chi connectivity index (χ0v) is 11.1. The summed E-state index contributed by atoms with van der Waals surface area (Å²) in [5.41, 5.74) is 0.849. The van der Waals surface area contributed by atoms with Gasteiger partial charge in [0.1, 0.15) is 10.8 Å². The van der Waals surface area contributed by atoms with Gasteiger partial charge in [-0.15, -0.1) is 0 Å². The highest BCUT2D eigenvalue weighted by molar-refractivity contribution is 6.32. The lowest BCUT2D eigenvalue weighted by atomic mass is 10.2. The van der Waals surface area contributed by atoms with Crippen LogP contribution in [-0.4, -0.2) is 9.91 Å². The van der Waals surface area contributed by atoms with E-state index >= 15 is 0 Å². The van der Waals surface area contributed by atoms with Crippen molar-refractivity contribution in [3.05, 3.63) is 56.7 Å². The fraction of sp³-hybridized carbons (Fsp3) is 0.0769. The summed E-state index contributed by atoms with van der Waals surface area (Å²) in [4.78, 5) is 14.2. The molecule has 0 N–H and O–H groups in total. The maximum Gasteiger partial charge on any atom is 0.288 e. The third kappa shape index (κ3) is 3.02. The van der Waals surface area contributed by atoms with Gasteiger partial charge in [-0.3, -0.25) is 10.1 Å². The standard InChI is InChI=1S/C13H8ClN3O3/c1-8-4-9(7-15)5-13(16-8)20-10-2-3-12(17(18)19)11(14)6-10/h2-6H,1H3. The van der Waals surface area contributed by atoms with Gasteiger partial charge in [-0.2, -0.15) is 5.26 Å². The van der Waals surface area contributed by atoms with Crippen LogP contribution in [0.25, 0.3) is 0 Å². The molecule has 0 aliphatic carbocycles. The molecule has 0 saturated heterocycles. The Hall–Kier alpha value is -2.65. The fourth-order valence-corrected chi connectivity index (χ4v) is 1.81. The molecule has 1 heterocycles. The second kappa shape index (κ2) is 5.55. The molecule has 0 amide bonds. The van der Waals surface area contributed by atoms with Gasteiger partial charge in [0, 0.05) is 23.9 Å². The lowest BCUT2D eigenvalue weighted by Gasteiger charge is -2.06. The zero-order chi connectivity index (χ0) is 14.7. The number of hydrogen-bond donors (Lipinski definition) is 0. The van der Waals surface area contributed by atoms with E-state index in [9.17, 15) is 10.1 Å². The first kappa shape index (κ1) is 13.8. The van der Waals surface area contributed by atoms with Crippen LogP contribution in [0.5, 0.6) is 11.6 Å². The van der Waals surface area contributed by atoms with Crippen LogP contribution in [-0.2, 0) is 0 Å². The molecule has 7 heteroatoms. The van der Waals surface area contributed by atoms with Crippen molar-refractivity contribution in [3.63, 3.8) is 0 Å². The van der Waals surface area contributed by atoms with Crippen molar-refractivity contribution in [2.75, 3.05) is 0 Å². The molecule has 0 bridgehead atoms. The van der Waals surface area contributed by atoms with Gasteiger partial charge in [0.15, 0.2) is 0 Å². The summed E-state index contributed by atoms with van der Waals surface area (Å²) in [6.07, 6.45) is 0. The van der Waals surface area contributed by atoms with Crippen LogP contribution in [0.3, 0.4) is 0 Å². The molecule has 0 unspecified atom stereocenters. The van der Waals surface area contributed by atoms with E-state index in [2.05, 4.69) is 4.98 Å². The highest BCUT2D eigenvalue weighted by atomic mass is 35.5. The maximum atomic E-state index is 10.7. The number of halogens is 1. The molecule has 0 aliphatic rings. The van der Waals surface area contributed by atoms with E-state index in [1.807, 2.05) is 6.07 Å². The highest BCUT2D eigenvalue weighted by Gasteiger charge is 2.13. The third-order valence-electron chi connectivity index (χ3n) is 2.40. The molecule has 1 aromatic heterocycles.